The Morgan fingerprint density at radius 1 is 1.11 bits per heavy atom. The molecule has 2 heterocycles. The minimum absolute atomic E-state index is 0.762. The number of anilines is 1. The molecule has 0 bridgehead atoms. The fourth-order valence-corrected chi connectivity index (χ4v) is 3.18. The number of benzene rings is 1. The second-order valence-electron chi connectivity index (χ2n) is 4.81. The normalized spacial score (nSPS) is 16.8. The lowest BCUT2D eigenvalue weighted by Crippen LogP contribution is -2.44. The van der Waals surface area contributed by atoms with E-state index in [1.54, 1.807) is 11.3 Å². The van der Waals surface area contributed by atoms with E-state index in [4.69, 9.17) is 16.6 Å². The van der Waals surface area contributed by atoms with E-state index in [2.05, 4.69) is 22.2 Å². The number of hydrogen-bond donors (Lipinski definition) is 0. The molecule has 3 nitrogen and oxygen atoms in total. The van der Waals surface area contributed by atoms with Gasteiger partial charge in [0.05, 0.1) is 5.69 Å². The summed E-state index contributed by atoms with van der Waals surface area (Å²) < 4.78 is 0. The number of thiazole rings is 1. The first-order valence-electron chi connectivity index (χ1n) is 6.37. The summed E-state index contributed by atoms with van der Waals surface area (Å²) in [6.45, 7) is 4.33. The summed E-state index contributed by atoms with van der Waals surface area (Å²) in [7, 11) is 2.17. The Morgan fingerprint density at radius 3 is 2.47 bits per heavy atom. The van der Waals surface area contributed by atoms with Crippen molar-refractivity contribution in [1.82, 2.24) is 9.88 Å². The minimum Gasteiger partial charge on any atom is -0.346 e. The van der Waals surface area contributed by atoms with E-state index < -0.39 is 0 Å². The molecule has 0 unspecified atom stereocenters. The highest BCUT2D eigenvalue weighted by Crippen LogP contribution is 2.28. The van der Waals surface area contributed by atoms with Crippen LogP contribution in [0.15, 0.2) is 29.6 Å². The first kappa shape index (κ1) is 12.9. The minimum atomic E-state index is 0.762. The van der Waals surface area contributed by atoms with Crippen molar-refractivity contribution in [3.63, 3.8) is 0 Å². The Morgan fingerprint density at radius 2 is 1.79 bits per heavy atom. The SMILES string of the molecule is CN1CCN(c2nc(-c3ccc(Cl)cc3)cs2)CC1. The van der Waals surface area contributed by atoms with E-state index in [0.29, 0.717) is 0 Å². The highest BCUT2D eigenvalue weighted by atomic mass is 35.5. The summed E-state index contributed by atoms with van der Waals surface area (Å²) in [6.07, 6.45) is 0. The molecule has 0 amide bonds. The molecule has 1 saturated heterocycles. The molecule has 1 aromatic heterocycles. The Balaban J connectivity index is 1.77. The first-order valence-corrected chi connectivity index (χ1v) is 7.63. The fraction of sp³-hybridized carbons (Fsp3) is 0.357. The highest BCUT2D eigenvalue weighted by Gasteiger charge is 2.17. The third kappa shape index (κ3) is 2.91. The summed E-state index contributed by atoms with van der Waals surface area (Å²) in [4.78, 5) is 9.46. The zero-order valence-electron chi connectivity index (χ0n) is 10.8. The van der Waals surface area contributed by atoms with Gasteiger partial charge in [-0.1, -0.05) is 23.7 Å². The van der Waals surface area contributed by atoms with Crippen molar-refractivity contribution in [3.8, 4) is 11.3 Å². The van der Waals surface area contributed by atoms with Gasteiger partial charge in [-0.3, -0.25) is 0 Å². The average Bonchev–Trinajstić information content (AvgIpc) is 2.90. The summed E-state index contributed by atoms with van der Waals surface area (Å²) >= 11 is 7.63. The zero-order chi connectivity index (χ0) is 13.2. The van der Waals surface area contributed by atoms with Crippen molar-refractivity contribution in [2.75, 3.05) is 38.1 Å². The third-order valence-corrected chi connectivity index (χ3v) is 4.56. The molecule has 5 heteroatoms. The van der Waals surface area contributed by atoms with Gasteiger partial charge in [0.2, 0.25) is 0 Å². The van der Waals surface area contributed by atoms with Crippen LogP contribution in [0, 0.1) is 0 Å². The van der Waals surface area contributed by atoms with Gasteiger partial charge in [0.15, 0.2) is 5.13 Å². The molecule has 0 aliphatic carbocycles. The summed E-state index contributed by atoms with van der Waals surface area (Å²) in [5.41, 5.74) is 2.16. The van der Waals surface area contributed by atoms with E-state index in [1.165, 1.54) is 0 Å². The molecule has 1 aromatic carbocycles. The smallest absolute Gasteiger partial charge is 0.185 e. The molecule has 0 N–H and O–H groups in total. The molecule has 1 aliphatic heterocycles. The molecule has 0 saturated carbocycles. The van der Waals surface area contributed by atoms with Crippen molar-refractivity contribution in [2.24, 2.45) is 0 Å². The summed E-state index contributed by atoms with van der Waals surface area (Å²) in [5, 5.41) is 4.01. The maximum absolute atomic E-state index is 5.91. The highest BCUT2D eigenvalue weighted by molar-refractivity contribution is 7.14. The second kappa shape index (κ2) is 5.49. The van der Waals surface area contributed by atoms with Gasteiger partial charge < -0.3 is 9.80 Å². The number of aromatic nitrogens is 1. The average molecular weight is 294 g/mol. The third-order valence-electron chi connectivity index (χ3n) is 3.41. The molecular formula is C14H16ClN3S. The molecule has 1 aliphatic rings. The molecule has 0 radical (unpaired) electrons. The maximum Gasteiger partial charge on any atom is 0.185 e. The topological polar surface area (TPSA) is 19.4 Å². The van der Waals surface area contributed by atoms with Gasteiger partial charge in [-0.15, -0.1) is 11.3 Å². The molecule has 1 fully saturated rings. The van der Waals surface area contributed by atoms with Crippen LogP contribution in [0.25, 0.3) is 11.3 Å². The van der Waals surface area contributed by atoms with Gasteiger partial charge in [0.25, 0.3) is 0 Å². The van der Waals surface area contributed by atoms with Crippen LogP contribution in [-0.2, 0) is 0 Å². The van der Waals surface area contributed by atoms with Crippen LogP contribution in [0.4, 0.5) is 5.13 Å². The van der Waals surface area contributed by atoms with Crippen LogP contribution < -0.4 is 4.90 Å². The Kier molecular flexibility index (Phi) is 3.73. The number of nitrogens with zero attached hydrogens (tertiary/aromatic N) is 3. The van der Waals surface area contributed by atoms with Crippen LogP contribution in [0.2, 0.25) is 5.02 Å². The molecule has 2 aromatic rings. The van der Waals surface area contributed by atoms with Gasteiger partial charge in [0.1, 0.15) is 0 Å². The number of piperazine rings is 1. The van der Waals surface area contributed by atoms with Gasteiger partial charge in [-0.25, -0.2) is 4.98 Å². The van der Waals surface area contributed by atoms with Gasteiger partial charge in [-0.2, -0.15) is 0 Å². The molecular weight excluding hydrogens is 278 g/mol. The lowest BCUT2D eigenvalue weighted by molar-refractivity contribution is 0.313. The van der Waals surface area contributed by atoms with E-state index in [-0.39, 0.29) is 0 Å². The summed E-state index contributed by atoms with van der Waals surface area (Å²) in [5.74, 6) is 0. The fourth-order valence-electron chi connectivity index (χ4n) is 2.16. The van der Waals surface area contributed by atoms with E-state index >= 15 is 0 Å². The van der Waals surface area contributed by atoms with Gasteiger partial charge in [-0.05, 0) is 19.2 Å². The monoisotopic (exact) mass is 293 g/mol. The largest absolute Gasteiger partial charge is 0.346 e. The molecule has 100 valence electrons. The zero-order valence-corrected chi connectivity index (χ0v) is 12.4. The van der Waals surface area contributed by atoms with Gasteiger partial charge >= 0.3 is 0 Å². The lowest BCUT2D eigenvalue weighted by atomic mass is 10.2. The lowest BCUT2D eigenvalue weighted by Gasteiger charge is -2.32. The molecule has 19 heavy (non-hydrogen) atoms. The standard InChI is InChI=1S/C14H16ClN3S/c1-17-6-8-18(9-7-17)14-16-13(10-19-14)11-2-4-12(15)5-3-11/h2-5,10H,6-9H2,1H3. The number of rotatable bonds is 2. The van der Waals surface area contributed by atoms with Crippen molar-refractivity contribution in [2.45, 2.75) is 0 Å². The molecule has 0 spiro atoms. The Labute approximate surface area is 122 Å². The van der Waals surface area contributed by atoms with Crippen molar-refractivity contribution in [1.29, 1.82) is 0 Å². The van der Waals surface area contributed by atoms with E-state index in [0.717, 1.165) is 47.6 Å². The van der Waals surface area contributed by atoms with Gasteiger partial charge in [0, 0.05) is 42.1 Å². The number of halogens is 1. The Hall–Kier alpha value is -1.10. The van der Waals surface area contributed by atoms with Crippen molar-refractivity contribution in [3.05, 3.63) is 34.7 Å². The molecule has 3 rings (SSSR count). The second-order valence-corrected chi connectivity index (χ2v) is 6.09. The van der Waals surface area contributed by atoms with Crippen LogP contribution in [0.5, 0.6) is 0 Å². The van der Waals surface area contributed by atoms with E-state index in [9.17, 15) is 0 Å². The van der Waals surface area contributed by atoms with Crippen LogP contribution in [0.1, 0.15) is 0 Å². The predicted molar refractivity (Wildman–Crippen MR) is 82.3 cm³/mol. The predicted octanol–water partition coefficient (Wildman–Crippen LogP) is 3.22. The summed E-state index contributed by atoms with van der Waals surface area (Å²) in [6, 6.07) is 7.85. The van der Waals surface area contributed by atoms with Crippen molar-refractivity contribution < 1.29 is 0 Å². The van der Waals surface area contributed by atoms with Crippen molar-refractivity contribution >= 4 is 28.1 Å². The van der Waals surface area contributed by atoms with Crippen LogP contribution in [0.3, 0.4) is 0 Å². The molecule has 0 atom stereocenters. The quantitative estimate of drug-likeness (QED) is 0.847. The number of hydrogen-bond acceptors (Lipinski definition) is 4. The van der Waals surface area contributed by atoms with E-state index in [1.807, 2.05) is 24.3 Å². The van der Waals surface area contributed by atoms with Crippen LogP contribution >= 0.6 is 22.9 Å². The number of likely N-dealkylation sites (N-methyl/N-ethyl adjacent to an activating group) is 1. The van der Waals surface area contributed by atoms with Crippen LogP contribution in [-0.4, -0.2) is 43.1 Å². The first-order chi connectivity index (χ1) is 9.22. The maximum atomic E-state index is 5.91. The Bertz CT molecular complexity index is 544.